The number of rotatable bonds is 31. The molecule has 0 heterocycles. The van der Waals surface area contributed by atoms with Crippen LogP contribution in [0.3, 0.4) is 0 Å². The zero-order valence-corrected chi connectivity index (χ0v) is 26.6. The van der Waals surface area contributed by atoms with E-state index in [9.17, 15) is 4.79 Å². The monoisotopic (exact) mass is 535 g/mol. The van der Waals surface area contributed by atoms with Gasteiger partial charge in [0, 0.05) is 6.42 Å². The van der Waals surface area contributed by atoms with Crippen LogP contribution in [0, 0.1) is 0 Å². The van der Waals surface area contributed by atoms with Crippen molar-refractivity contribution >= 4 is 5.97 Å². The molecule has 0 radical (unpaired) electrons. The molecule has 1 unspecified atom stereocenters. The first-order valence-corrected chi connectivity index (χ1v) is 17.5. The predicted octanol–water partition coefficient (Wildman–Crippen LogP) is 12.8. The van der Waals surface area contributed by atoms with Gasteiger partial charge in [-0.25, -0.2) is 0 Å². The summed E-state index contributed by atoms with van der Waals surface area (Å²) in [7, 11) is 0. The van der Waals surface area contributed by atoms with E-state index in [0.29, 0.717) is 6.42 Å². The lowest BCUT2D eigenvalue weighted by Crippen LogP contribution is -2.18. The van der Waals surface area contributed by atoms with Crippen LogP contribution in [0.4, 0.5) is 0 Å². The minimum Gasteiger partial charge on any atom is -0.462 e. The number of esters is 1. The fourth-order valence-corrected chi connectivity index (χ4v) is 5.51. The average molecular weight is 535 g/mol. The summed E-state index contributed by atoms with van der Waals surface area (Å²) in [6, 6.07) is 0. The van der Waals surface area contributed by atoms with Crippen molar-refractivity contribution in [3.05, 3.63) is 12.2 Å². The Morgan fingerprint density at radius 1 is 0.526 bits per heavy atom. The molecule has 0 saturated heterocycles. The van der Waals surface area contributed by atoms with Gasteiger partial charge in [-0.05, 0) is 45.4 Å². The minimum atomic E-state index is 0.0487. The normalized spacial score (nSPS) is 12.4. The van der Waals surface area contributed by atoms with Crippen LogP contribution in [-0.2, 0) is 9.53 Å². The number of hydrogen-bond acceptors (Lipinski definition) is 2. The van der Waals surface area contributed by atoms with Crippen LogP contribution in [-0.4, -0.2) is 12.1 Å². The molecule has 0 spiro atoms. The average Bonchev–Trinajstić information content (AvgIpc) is 2.91. The third-order valence-corrected chi connectivity index (χ3v) is 8.03. The molecule has 0 aliphatic carbocycles. The van der Waals surface area contributed by atoms with Crippen LogP contribution < -0.4 is 0 Å². The Hall–Kier alpha value is -0.790. The largest absolute Gasteiger partial charge is 0.462 e. The Morgan fingerprint density at radius 2 is 0.947 bits per heavy atom. The maximum absolute atomic E-state index is 12.4. The van der Waals surface area contributed by atoms with E-state index in [1.54, 1.807) is 0 Å². The van der Waals surface area contributed by atoms with Gasteiger partial charge in [0.2, 0.25) is 0 Å². The second kappa shape index (κ2) is 32.4. The third-order valence-electron chi connectivity index (χ3n) is 8.03. The highest BCUT2D eigenvalue weighted by atomic mass is 16.5. The Labute approximate surface area is 240 Å². The van der Waals surface area contributed by atoms with Gasteiger partial charge in [-0.1, -0.05) is 167 Å². The van der Waals surface area contributed by atoms with Gasteiger partial charge in [0.1, 0.15) is 6.10 Å². The summed E-state index contributed by atoms with van der Waals surface area (Å²) in [4.78, 5) is 12.4. The molecule has 0 saturated carbocycles. The number of carbonyl (C=O) groups is 1. The van der Waals surface area contributed by atoms with E-state index in [4.69, 9.17) is 4.74 Å². The summed E-state index contributed by atoms with van der Waals surface area (Å²) in [6.45, 7) is 6.60. The van der Waals surface area contributed by atoms with Crippen molar-refractivity contribution in [1.82, 2.24) is 0 Å². The molecule has 0 fully saturated rings. The highest BCUT2D eigenvalue weighted by Crippen LogP contribution is 2.17. The Kier molecular flexibility index (Phi) is 31.7. The summed E-state index contributed by atoms with van der Waals surface area (Å²) in [6.07, 6.45) is 42.1. The molecule has 226 valence electrons. The zero-order chi connectivity index (χ0) is 27.8. The van der Waals surface area contributed by atoms with Crippen LogP contribution >= 0.6 is 0 Å². The molecule has 0 aromatic carbocycles. The highest BCUT2D eigenvalue weighted by molar-refractivity contribution is 5.69. The van der Waals surface area contributed by atoms with Crippen molar-refractivity contribution in [3.8, 4) is 0 Å². The van der Waals surface area contributed by atoms with E-state index in [1.165, 1.54) is 154 Å². The molecule has 0 aromatic rings. The van der Waals surface area contributed by atoms with E-state index < -0.39 is 0 Å². The highest BCUT2D eigenvalue weighted by Gasteiger charge is 2.13. The number of allylic oxidation sites excluding steroid dienone is 2. The fourth-order valence-electron chi connectivity index (χ4n) is 5.51. The van der Waals surface area contributed by atoms with Crippen LogP contribution in [0.25, 0.3) is 0 Å². The zero-order valence-electron chi connectivity index (χ0n) is 26.6. The predicted molar refractivity (Wildman–Crippen MR) is 170 cm³/mol. The van der Waals surface area contributed by atoms with Crippen LogP contribution in [0.2, 0.25) is 0 Å². The van der Waals surface area contributed by atoms with Gasteiger partial charge >= 0.3 is 5.97 Å². The summed E-state index contributed by atoms with van der Waals surface area (Å²) in [5.74, 6) is 0.0487. The number of hydrogen-bond donors (Lipinski definition) is 0. The van der Waals surface area contributed by atoms with Gasteiger partial charge in [0.05, 0.1) is 0 Å². The van der Waals surface area contributed by atoms with E-state index in [1.807, 2.05) is 0 Å². The minimum absolute atomic E-state index is 0.0487. The first-order chi connectivity index (χ1) is 18.7. The second-order valence-corrected chi connectivity index (χ2v) is 11.9. The Morgan fingerprint density at radius 3 is 1.39 bits per heavy atom. The molecule has 0 aliphatic rings. The topological polar surface area (TPSA) is 26.3 Å². The fraction of sp³-hybridized carbons (Fsp3) is 0.917. The van der Waals surface area contributed by atoms with Crippen molar-refractivity contribution in [2.45, 2.75) is 213 Å². The first kappa shape index (κ1) is 37.2. The molecule has 38 heavy (non-hydrogen) atoms. The maximum Gasteiger partial charge on any atom is 0.306 e. The SMILES string of the molecule is CC=CCCCCCCCCCCCC(CCC)OC(=O)CCCCCCCCCCCCCCCCC. The van der Waals surface area contributed by atoms with Crippen molar-refractivity contribution in [1.29, 1.82) is 0 Å². The lowest BCUT2D eigenvalue weighted by atomic mass is 10.0. The summed E-state index contributed by atoms with van der Waals surface area (Å²) in [5.41, 5.74) is 0. The first-order valence-electron chi connectivity index (χ1n) is 17.5. The molecule has 0 aliphatic heterocycles. The number of unbranched alkanes of at least 4 members (excludes halogenated alkanes) is 23. The lowest BCUT2D eigenvalue weighted by molar-refractivity contribution is -0.150. The third kappa shape index (κ3) is 29.8. The van der Waals surface area contributed by atoms with Crippen molar-refractivity contribution < 1.29 is 9.53 Å². The molecule has 2 heteroatoms. The molecule has 0 bridgehead atoms. The van der Waals surface area contributed by atoms with E-state index in [-0.39, 0.29) is 12.1 Å². The van der Waals surface area contributed by atoms with Crippen LogP contribution in [0.5, 0.6) is 0 Å². The van der Waals surface area contributed by atoms with E-state index in [2.05, 4.69) is 32.9 Å². The molecule has 0 aromatic heterocycles. The van der Waals surface area contributed by atoms with Gasteiger partial charge < -0.3 is 4.74 Å². The van der Waals surface area contributed by atoms with Crippen molar-refractivity contribution in [2.75, 3.05) is 0 Å². The van der Waals surface area contributed by atoms with Crippen LogP contribution in [0.15, 0.2) is 12.2 Å². The molecule has 1 atom stereocenters. The summed E-state index contributed by atoms with van der Waals surface area (Å²) >= 11 is 0. The van der Waals surface area contributed by atoms with Gasteiger partial charge in [0.15, 0.2) is 0 Å². The van der Waals surface area contributed by atoms with E-state index >= 15 is 0 Å². The standard InChI is InChI=1S/C36H70O2/c1-4-7-9-11-13-15-17-19-20-21-23-25-27-29-31-34-36(37)38-35(32-6-3)33-30-28-26-24-22-18-16-14-12-10-8-5-2/h5,8,35H,4,6-7,9-34H2,1-3H3. The second-order valence-electron chi connectivity index (χ2n) is 11.9. The molecular weight excluding hydrogens is 464 g/mol. The smallest absolute Gasteiger partial charge is 0.306 e. The lowest BCUT2D eigenvalue weighted by Gasteiger charge is -2.17. The Bertz CT molecular complexity index is 484. The van der Waals surface area contributed by atoms with Gasteiger partial charge in [-0.2, -0.15) is 0 Å². The molecule has 0 rings (SSSR count). The number of carbonyl (C=O) groups excluding carboxylic acids is 1. The molecule has 0 N–H and O–H groups in total. The van der Waals surface area contributed by atoms with Crippen molar-refractivity contribution in [2.24, 2.45) is 0 Å². The van der Waals surface area contributed by atoms with Gasteiger partial charge in [-0.3, -0.25) is 4.79 Å². The van der Waals surface area contributed by atoms with Gasteiger partial charge in [0.25, 0.3) is 0 Å². The molecule has 0 amide bonds. The maximum atomic E-state index is 12.4. The molecule has 2 nitrogen and oxygen atoms in total. The molecular formula is C36H70O2. The Balaban J connectivity index is 3.51. The summed E-state index contributed by atoms with van der Waals surface area (Å²) in [5, 5.41) is 0. The number of ether oxygens (including phenoxy) is 1. The van der Waals surface area contributed by atoms with Gasteiger partial charge in [-0.15, -0.1) is 0 Å². The summed E-state index contributed by atoms with van der Waals surface area (Å²) < 4.78 is 5.87. The van der Waals surface area contributed by atoms with E-state index in [0.717, 1.165) is 25.7 Å². The van der Waals surface area contributed by atoms with Crippen molar-refractivity contribution in [3.63, 3.8) is 0 Å². The quantitative estimate of drug-likeness (QED) is 0.0502. The van der Waals surface area contributed by atoms with Crippen LogP contribution in [0.1, 0.15) is 207 Å².